The Hall–Kier alpha value is -3.74. The van der Waals surface area contributed by atoms with Crippen LogP contribution in [0.15, 0.2) is 66.7 Å². The number of piperidine rings is 1. The highest BCUT2D eigenvalue weighted by atomic mass is 35.5. The average molecular weight is 717 g/mol. The Morgan fingerprint density at radius 2 is 1.65 bits per heavy atom. The highest BCUT2D eigenvalue weighted by molar-refractivity contribution is 8.04. The van der Waals surface area contributed by atoms with Crippen molar-refractivity contribution in [2.75, 3.05) is 17.8 Å². The average Bonchev–Trinajstić information content (AvgIpc) is 3.05. The third-order valence-electron chi connectivity index (χ3n) is 7.92. The van der Waals surface area contributed by atoms with Crippen molar-refractivity contribution in [1.82, 2.24) is 15.5 Å². The molecule has 3 aromatic carbocycles. The number of carbonyl (C=O) groups is 5. The number of thioether (sulfide) groups is 1. The summed E-state index contributed by atoms with van der Waals surface area (Å²) in [6, 6.07) is 16.3. The molecule has 1 aliphatic rings. The molecule has 0 saturated carbocycles. The van der Waals surface area contributed by atoms with E-state index >= 15 is 0 Å². The number of fused-ring (bicyclic) bond motifs is 1. The number of nitrogens with one attached hydrogen (secondary N) is 2. The van der Waals surface area contributed by atoms with E-state index in [0.717, 1.165) is 28.1 Å². The number of amides is 4. The molecule has 256 valence electrons. The Kier molecular flexibility index (Phi) is 13.2. The van der Waals surface area contributed by atoms with Gasteiger partial charge >= 0.3 is 7.60 Å². The fraction of sp³-hybridized carbons (Fsp3) is 0.364. The summed E-state index contributed by atoms with van der Waals surface area (Å²) < 4.78 is 11.5. The zero-order valence-electron chi connectivity index (χ0n) is 26.0. The minimum absolute atomic E-state index is 0.138. The Balaban J connectivity index is 1.45. The highest BCUT2D eigenvalue weighted by Gasteiger charge is 2.37. The Labute approximate surface area is 287 Å². The van der Waals surface area contributed by atoms with Crippen LogP contribution in [-0.4, -0.2) is 80.0 Å². The molecule has 6 N–H and O–H groups in total. The number of halogens is 1. The Morgan fingerprint density at radius 3 is 2.33 bits per heavy atom. The predicted molar refractivity (Wildman–Crippen MR) is 184 cm³/mol. The third-order valence-corrected chi connectivity index (χ3v) is 10.8. The zero-order chi connectivity index (χ0) is 34.8. The number of likely N-dealkylation sites (tertiary alicyclic amines) is 1. The van der Waals surface area contributed by atoms with E-state index in [0.29, 0.717) is 29.8 Å². The van der Waals surface area contributed by atoms with Gasteiger partial charge < -0.3 is 31.1 Å². The maximum atomic E-state index is 13.9. The van der Waals surface area contributed by atoms with Gasteiger partial charge in [-0.1, -0.05) is 54.1 Å². The maximum absolute atomic E-state index is 13.9. The first-order valence-corrected chi connectivity index (χ1v) is 18.7. The Morgan fingerprint density at radius 1 is 0.938 bits per heavy atom. The molecule has 1 saturated heterocycles. The summed E-state index contributed by atoms with van der Waals surface area (Å²) in [5, 5.41) is 7.75. The summed E-state index contributed by atoms with van der Waals surface area (Å²) in [4.78, 5) is 85.4. The monoisotopic (exact) mass is 716 g/mol. The molecule has 15 heteroatoms. The van der Waals surface area contributed by atoms with Crippen LogP contribution in [0.4, 0.5) is 0 Å². The normalized spacial score (nSPS) is 16.1. The molecule has 4 rings (SSSR count). The van der Waals surface area contributed by atoms with Crippen LogP contribution in [0.1, 0.15) is 48.0 Å². The second kappa shape index (κ2) is 17.1. The quantitative estimate of drug-likeness (QED) is 0.116. The van der Waals surface area contributed by atoms with E-state index in [1.165, 1.54) is 4.90 Å². The SMILES string of the molecule is NC(=O)[C@H](Cc1ccc2ccccc2c1)NC(=O)[C@@H]1CCCCN1C(=O)[C@H](CSCP(=O)(O)O)NC(=O)CCC(=O)c1ccc(Cl)cc1. The first-order valence-electron chi connectivity index (χ1n) is 15.4. The van der Waals surface area contributed by atoms with Crippen LogP contribution in [0.2, 0.25) is 5.02 Å². The number of hydrogen-bond donors (Lipinski definition) is 5. The molecule has 0 radical (unpaired) electrons. The molecule has 12 nitrogen and oxygen atoms in total. The molecule has 0 aromatic heterocycles. The van der Waals surface area contributed by atoms with Gasteiger partial charge in [-0.25, -0.2) is 0 Å². The number of benzene rings is 3. The van der Waals surface area contributed by atoms with E-state index in [9.17, 15) is 38.3 Å². The number of hydrogen-bond acceptors (Lipinski definition) is 7. The van der Waals surface area contributed by atoms with E-state index in [2.05, 4.69) is 10.6 Å². The zero-order valence-corrected chi connectivity index (χ0v) is 28.5. The van der Waals surface area contributed by atoms with Gasteiger partial charge in [-0.3, -0.25) is 28.5 Å². The van der Waals surface area contributed by atoms with Crippen LogP contribution in [0.5, 0.6) is 0 Å². The van der Waals surface area contributed by atoms with Crippen LogP contribution in [0.3, 0.4) is 0 Å². The molecular weight excluding hydrogens is 679 g/mol. The van der Waals surface area contributed by atoms with Crippen molar-refractivity contribution >= 4 is 71.1 Å². The summed E-state index contributed by atoms with van der Waals surface area (Å²) in [6.45, 7) is 0.188. The van der Waals surface area contributed by atoms with E-state index in [-0.39, 0.29) is 37.3 Å². The van der Waals surface area contributed by atoms with Gasteiger partial charge in [-0.05, 0) is 59.9 Å². The summed E-state index contributed by atoms with van der Waals surface area (Å²) in [6.07, 6.45) is 1.25. The largest absolute Gasteiger partial charge is 0.368 e. The van der Waals surface area contributed by atoms with Crippen LogP contribution < -0.4 is 16.4 Å². The fourth-order valence-electron chi connectivity index (χ4n) is 5.50. The second-order valence-electron chi connectivity index (χ2n) is 11.6. The van der Waals surface area contributed by atoms with Crippen molar-refractivity contribution in [2.24, 2.45) is 5.73 Å². The van der Waals surface area contributed by atoms with Gasteiger partial charge in [0.2, 0.25) is 23.6 Å². The number of nitrogens with two attached hydrogens (primary N) is 1. The summed E-state index contributed by atoms with van der Waals surface area (Å²) in [5.74, 6) is -3.03. The molecule has 0 bridgehead atoms. The van der Waals surface area contributed by atoms with Crippen molar-refractivity contribution < 1.29 is 38.3 Å². The number of rotatable bonds is 15. The number of ketones is 1. The van der Waals surface area contributed by atoms with Gasteiger partial charge in [0.1, 0.15) is 18.1 Å². The summed E-state index contributed by atoms with van der Waals surface area (Å²) >= 11 is 6.66. The smallest absolute Gasteiger partial charge is 0.335 e. The topological polar surface area (TPSA) is 196 Å². The van der Waals surface area contributed by atoms with Crippen LogP contribution in [0, 0.1) is 0 Å². The van der Waals surface area contributed by atoms with E-state index < -0.39 is 54.8 Å². The standard InChI is InChI=1S/C33H38ClN4O8PS/c34-25-12-10-23(11-13-25)29(39)14-15-30(40)36-27(19-48-20-47(44,45)46)33(43)38-16-4-3-7-28(38)32(42)37-26(31(35)41)18-21-8-9-22-5-1-2-6-24(22)17-21/h1-2,5-6,8-13,17,26-28H,3-4,7,14-16,18-20H2,(H2,35,41)(H,36,40)(H,37,42)(H2,44,45,46)/t26-,27-,28-/m0/s1. The molecule has 0 unspecified atom stereocenters. The molecule has 0 aliphatic carbocycles. The number of nitrogens with zero attached hydrogens (tertiary/aromatic N) is 1. The summed E-state index contributed by atoms with van der Waals surface area (Å²) in [5.41, 5.74) is 6.25. The van der Waals surface area contributed by atoms with Crippen molar-refractivity contribution in [1.29, 1.82) is 0 Å². The van der Waals surface area contributed by atoms with Gasteiger partial charge in [0, 0.05) is 42.1 Å². The van der Waals surface area contributed by atoms with Gasteiger partial charge in [0.25, 0.3) is 0 Å². The minimum atomic E-state index is -4.41. The lowest BCUT2D eigenvalue weighted by Gasteiger charge is -2.37. The number of Topliss-reactive ketones (excluding diaryl/α,β-unsaturated/α-hetero) is 1. The van der Waals surface area contributed by atoms with E-state index in [1.54, 1.807) is 24.3 Å². The molecular formula is C33H38ClN4O8PS. The third kappa shape index (κ3) is 10.9. The minimum Gasteiger partial charge on any atom is -0.368 e. The van der Waals surface area contributed by atoms with Crippen LogP contribution in [-0.2, 0) is 30.2 Å². The molecule has 1 heterocycles. The predicted octanol–water partition coefficient (Wildman–Crippen LogP) is 3.40. The number of primary amides is 1. The molecule has 1 aliphatic heterocycles. The first-order chi connectivity index (χ1) is 22.8. The lowest BCUT2D eigenvalue weighted by atomic mass is 9.98. The molecule has 3 aromatic rings. The second-order valence-corrected chi connectivity index (χ2v) is 15.1. The maximum Gasteiger partial charge on any atom is 0.335 e. The fourth-order valence-corrected chi connectivity index (χ4v) is 7.46. The number of carbonyl (C=O) groups excluding carboxylic acids is 5. The first kappa shape index (κ1) is 37.1. The van der Waals surface area contributed by atoms with Crippen molar-refractivity contribution in [2.45, 2.75) is 56.7 Å². The molecule has 4 amide bonds. The molecule has 3 atom stereocenters. The van der Waals surface area contributed by atoms with E-state index in [1.807, 2.05) is 42.5 Å². The van der Waals surface area contributed by atoms with Gasteiger partial charge in [0.15, 0.2) is 5.78 Å². The van der Waals surface area contributed by atoms with Gasteiger partial charge in [-0.2, -0.15) is 0 Å². The highest BCUT2D eigenvalue weighted by Crippen LogP contribution is 2.38. The molecule has 48 heavy (non-hydrogen) atoms. The van der Waals surface area contributed by atoms with E-state index in [4.69, 9.17) is 17.3 Å². The summed E-state index contributed by atoms with van der Waals surface area (Å²) in [7, 11) is -4.41. The Bertz CT molecular complexity index is 1700. The van der Waals surface area contributed by atoms with Gasteiger partial charge in [-0.15, -0.1) is 11.8 Å². The molecule has 1 fully saturated rings. The van der Waals surface area contributed by atoms with Crippen LogP contribution >= 0.6 is 31.0 Å². The van der Waals surface area contributed by atoms with Crippen molar-refractivity contribution in [3.8, 4) is 0 Å². The lowest BCUT2D eigenvalue weighted by Crippen LogP contribution is -2.60. The van der Waals surface area contributed by atoms with Gasteiger partial charge in [0.05, 0.1) is 5.49 Å². The lowest BCUT2D eigenvalue weighted by molar-refractivity contribution is -0.145. The van der Waals surface area contributed by atoms with Crippen LogP contribution in [0.25, 0.3) is 10.8 Å². The van der Waals surface area contributed by atoms with Crippen molar-refractivity contribution in [3.05, 3.63) is 82.9 Å². The van der Waals surface area contributed by atoms with Crippen molar-refractivity contribution in [3.63, 3.8) is 0 Å². The molecule has 0 spiro atoms.